The molecule has 2 atom stereocenters. The molecule has 4 rings (SSSR count). The van der Waals surface area contributed by atoms with Crippen molar-refractivity contribution in [3.05, 3.63) is 101 Å². The van der Waals surface area contributed by atoms with E-state index in [1.165, 1.54) is 31.4 Å². The molecule has 6 heteroatoms. The van der Waals surface area contributed by atoms with Crippen molar-refractivity contribution in [1.29, 1.82) is 0 Å². The van der Waals surface area contributed by atoms with Gasteiger partial charge in [0.25, 0.3) is 0 Å². The summed E-state index contributed by atoms with van der Waals surface area (Å²) < 4.78 is 39.5. The van der Waals surface area contributed by atoms with Crippen LogP contribution >= 0.6 is 0 Å². The number of fused-ring (bicyclic) bond motifs is 1. The fourth-order valence-corrected chi connectivity index (χ4v) is 5.09. The van der Waals surface area contributed by atoms with Crippen LogP contribution < -0.4 is 10.1 Å². The highest BCUT2D eigenvalue weighted by molar-refractivity contribution is 5.97. The molecule has 0 amide bonds. The fourth-order valence-electron chi connectivity index (χ4n) is 5.09. The van der Waals surface area contributed by atoms with Gasteiger partial charge in [0.15, 0.2) is 0 Å². The summed E-state index contributed by atoms with van der Waals surface area (Å²) in [5.41, 5.74) is 4.26. The molecule has 0 radical (unpaired) electrons. The molecule has 0 bridgehead atoms. The van der Waals surface area contributed by atoms with Crippen LogP contribution in [0, 0.1) is 11.6 Å². The minimum absolute atomic E-state index is 0.0357. The molecule has 0 saturated heterocycles. The lowest BCUT2D eigenvalue weighted by molar-refractivity contribution is -0.147. The van der Waals surface area contributed by atoms with Gasteiger partial charge in [0.05, 0.1) is 13.2 Å². The number of hydrogen-bond acceptors (Lipinski definition) is 4. The van der Waals surface area contributed by atoms with E-state index in [1.54, 1.807) is 0 Å². The number of esters is 1. The second-order valence-corrected chi connectivity index (χ2v) is 10.4. The third kappa shape index (κ3) is 7.24. The Bertz CT molecular complexity index is 1480. The molecule has 4 aromatic carbocycles. The van der Waals surface area contributed by atoms with Gasteiger partial charge in [0.1, 0.15) is 17.4 Å². The van der Waals surface area contributed by atoms with Crippen molar-refractivity contribution < 1.29 is 23.0 Å². The second kappa shape index (κ2) is 13.1. The Morgan fingerprint density at radius 1 is 0.900 bits per heavy atom. The van der Waals surface area contributed by atoms with Crippen LogP contribution in [0.4, 0.5) is 8.78 Å². The predicted molar refractivity (Wildman–Crippen MR) is 156 cm³/mol. The fraction of sp³-hybridized carbons (Fsp3) is 0.324. The molecule has 0 aliphatic rings. The third-order valence-electron chi connectivity index (χ3n) is 7.03. The van der Waals surface area contributed by atoms with Crippen molar-refractivity contribution in [2.24, 2.45) is 0 Å². The van der Waals surface area contributed by atoms with E-state index in [1.807, 2.05) is 51.1 Å². The highest BCUT2D eigenvalue weighted by atomic mass is 19.1. The summed E-state index contributed by atoms with van der Waals surface area (Å²) in [7, 11) is 1.53. The maximum Gasteiger partial charge on any atom is 0.306 e. The molecule has 0 heterocycles. The summed E-state index contributed by atoms with van der Waals surface area (Å²) >= 11 is 0. The predicted octanol–water partition coefficient (Wildman–Crippen LogP) is 8.48. The summed E-state index contributed by atoms with van der Waals surface area (Å²) in [6.45, 7) is 7.72. The van der Waals surface area contributed by atoms with E-state index in [2.05, 4.69) is 30.4 Å². The second-order valence-electron chi connectivity index (χ2n) is 10.4. The Balaban J connectivity index is 1.69. The summed E-state index contributed by atoms with van der Waals surface area (Å²) in [6, 6.07) is 21.8. The molecular formula is C34H37F2NO3. The first kappa shape index (κ1) is 29.2. The monoisotopic (exact) mass is 545 g/mol. The molecule has 0 aliphatic heterocycles. The lowest BCUT2D eigenvalue weighted by Gasteiger charge is -2.25. The van der Waals surface area contributed by atoms with Crippen LogP contribution in [-0.4, -0.2) is 19.2 Å². The number of rotatable bonds is 11. The van der Waals surface area contributed by atoms with Crippen LogP contribution in [0.1, 0.15) is 69.3 Å². The van der Waals surface area contributed by atoms with Crippen molar-refractivity contribution in [1.82, 2.24) is 5.32 Å². The smallest absolute Gasteiger partial charge is 0.306 e. The molecule has 0 fully saturated rings. The number of nitrogens with one attached hydrogen (secondary N) is 1. The van der Waals surface area contributed by atoms with E-state index >= 15 is 0 Å². The number of hydrogen-bond donors (Lipinski definition) is 1. The highest BCUT2D eigenvalue weighted by Crippen LogP contribution is 2.35. The van der Waals surface area contributed by atoms with Gasteiger partial charge in [-0.3, -0.25) is 4.79 Å². The Labute approximate surface area is 235 Å². The quantitative estimate of drug-likeness (QED) is 0.192. The highest BCUT2D eigenvalue weighted by Gasteiger charge is 2.18. The minimum Gasteiger partial charge on any atom is -0.497 e. The number of benzene rings is 4. The first-order valence-electron chi connectivity index (χ1n) is 13.8. The summed E-state index contributed by atoms with van der Waals surface area (Å²) in [5.74, 6) is -0.513. The molecule has 40 heavy (non-hydrogen) atoms. The van der Waals surface area contributed by atoms with E-state index < -0.39 is 0 Å². The van der Waals surface area contributed by atoms with Crippen LogP contribution in [-0.2, 0) is 16.0 Å². The van der Waals surface area contributed by atoms with E-state index in [0.29, 0.717) is 12.2 Å². The van der Waals surface area contributed by atoms with Crippen molar-refractivity contribution >= 4 is 16.7 Å². The van der Waals surface area contributed by atoms with E-state index in [4.69, 9.17) is 9.47 Å². The minimum atomic E-state index is -0.349. The lowest BCUT2D eigenvalue weighted by Crippen LogP contribution is -2.24. The largest absolute Gasteiger partial charge is 0.497 e. The molecular weight excluding hydrogens is 508 g/mol. The Morgan fingerprint density at radius 2 is 1.65 bits per heavy atom. The topological polar surface area (TPSA) is 47.6 Å². The van der Waals surface area contributed by atoms with Gasteiger partial charge >= 0.3 is 5.97 Å². The normalized spacial score (nSPS) is 12.9. The zero-order chi connectivity index (χ0) is 28.8. The van der Waals surface area contributed by atoms with E-state index in [9.17, 15) is 13.6 Å². The number of aryl methyl sites for hydroxylation is 1. The number of halogens is 2. The van der Waals surface area contributed by atoms with Crippen molar-refractivity contribution in [2.45, 2.75) is 65.1 Å². The average molecular weight is 546 g/mol. The summed E-state index contributed by atoms with van der Waals surface area (Å²) in [6.07, 6.45) is 1.19. The van der Waals surface area contributed by atoms with Crippen molar-refractivity contribution in [3.8, 4) is 16.9 Å². The van der Waals surface area contributed by atoms with Gasteiger partial charge in [-0.25, -0.2) is 8.78 Å². The standard InChI is InChI=1S/C34H37F2NO3/c1-6-33(37-22(4)25-16-29(36)20-30(18-25)39-5)27-15-24-9-7-8-10-31(24)32(19-27)26-13-23(14-28(35)17-26)11-12-34(38)40-21(2)3/h7-10,13-22,33,37H,6,11-12H2,1-5H3/t22-,33?/m1/s1. The van der Waals surface area contributed by atoms with Gasteiger partial charge in [-0.1, -0.05) is 37.3 Å². The molecule has 210 valence electrons. The molecule has 0 aliphatic carbocycles. The molecule has 4 aromatic rings. The Kier molecular flexibility index (Phi) is 9.54. The first-order chi connectivity index (χ1) is 19.2. The van der Waals surface area contributed by atoms with Crippen molar-refractivity contribution in [2.75, 3.05) is 7.11 Å². The maximum atomic E-state index is 14.9. The van der Waals surface area contributed by atoms with Gasteiger partial charge < -0.3 is 14.8 Å². The molecule has 0 spiro atoms. The van der Waals surface area contributed by atoms with Crippen LogP contribution in [0.25, 0.3) is 21.9 Å². The van der Waals surface area contributed by atoms with Gasteiger partial charge in [-0.2, -0.15) is 0 Å². The molecule has 0 aromatic heterocycles. The van der Waals surface area contributed by atoms with E-state index in [0.717, 1.165) is 45.0 Å². The van der Waals surface area contributed by atoms with E-state index in [-0.39, 0.29) is 42.2 Å². The third-order valence-corrected chi connectivity index (χ3v) is 7.03. The molecule has 0 saturated carbocycles. The Morgan fingerprint density at radius 3 is 2.38 bits per heavy atom. The first-order valence-corrected chi connectivity index (χ1v) is 13.8. The van der Waals surface area contributed by atoms with Crippen molar-refractivity contribution in [3.63, 3.8) is 0 Å². The van der Waals surface area contributed by atoms with Gasteiger partial charge in [0.2, 0.25) is 0 Å². The zero-order valence-corrected chi connectivity index (χ0v) is 23.8. The molecule has 4 nitrogen and oxygen atoms in total. The summed E-state index contributed by atoms with van der Waals surface area (Å²) in [4.78, 5) is 12.1. The van der Waals surface area contributed by atoms with Crippen LogP contribution in [0.2, 0.25) is 0 Å². The lowest BCUT2D eigenvalue weighted by atomic mass is 9.91. The van der Waals surface area contributed by atoms with Gasteiger partial charge in [0, 0.05) is 24.6 Å². The van der Waals surface area contributed by atoms with Crippen LogP contribution in [0.5, 0.6) is 5.75 Å². The maximum absolute atomic E-state index is 14.9. The number of carbonyl (C=O) groups is 1. The average Bonchev–Trinajstić information content (AvgIpc) is 2.93. The Hall–Kier alpha value is -3.77. The SMILES string of the molecule is CCC(N[C@H](C)c1cc(F)cc(OC)c1)c1cc(-c2cc(F)cc(CCC(=O)OC(C)C)c2)c2ccccc2c1. The van der Waals surface area contributed by atoms with Crippen LogP contribution in [0.3, 0.4) is 0 Å². The number of ether oxygens (including phenoxy) is 2. The molecule has 1 unspecified atom stereocenters. The van der Waals surface area contributed by atoms with Gasteiger partial charge in [-0.15, -0.1) is 0 Å². The van der Waals surface area contributed by atoms with Gasteiger partial charge in [-0.05, 0) is 109 Å². The summed E-state index contributed by atoms with van der Waals surface area (Å²) in [5, 5.41) is 5.70. The molecule has 1 N–H and O–H groups in total. The number of methoxy groups -OCH3 is 1. The number of carbonyl (C=O) groups excluding carboxylic acids is 1. The zero-order valence-electron chi connectivity index (χ0n) is 23.8. The van der Waals surface area contributed by atoms with Crippen LogP contribution in [0.15, 0.2) is 72.8 Å².